The molecule has 1 aromatic heterocycles. The van der Waals surface area contributed by atoms with Gasteiger partial charge in [-0.15, -0.1) is 0 Å². The third kappa shape index (κ3) is 2.64. The van der Waals surface area contributed by atoms with Gasteiger partial charge in [-0.05, 0) is 49.9 Å². The van der Waals surface area contributed by atoms with Crippen molar-refractivity contribution in [2.75, 3.05) is 6.54 Å². The fourth-order valence-corrected chi connectivity index (χ4v) is 4.25. The Hall–Kier alpha value is -3.14. The van der Waals surface area contributed by atoms with Crippen LogP contribution in [0.5, 0.6) is 0 Å². The molecular weight excluding hydrogens is 330 g/mol. The highest BCUT2D eigenvalue weighted by Gasteiger charge is 2.52. The molecule has 2 aromatic rings. The number of likely N-dealkylation sites (tertiary alicyclic amines) is 1. The number of nitriles is 1. The van der Waals surface area contributed by atoms with Gasteiger partial charge in [0, 0.05) is 12.1 Å². The van der Waals surface area contributed by atoms with Gasteiger partial charge in [-0.2, -0.15) is 5.26 Å². The smallest absolute Gasteiger partial charge is 0.269 e. The number of aromatic amines is 1. The molecule has 0 bridgehead atoms. The molecule has 2 amide bonds. The maximum Gasteiger partial charge on any atom is 0.269 e. The number of imidazole rings is 1. The van der Waals surface area contributed by atoms with E-state index in [1.165, 1.54) is 12.5 Å². The minimum atomic E-state index is -0.371. The van der Waals surface area contributed by atoms with Gasteiger partial charge in [-0.25, -0.2) is 4.98 Å². The van der Waals surface area contributed by atoms with Crippen molar-refractivity contribution in [3.8, 4) is 6.07 Å². The topological polar surface area (TPSA) is 102 Å². The van der Waals surface area contributed by atoms with Crippen LogP contribution in [0.15, 0.2) is 36.8 Å². The van der Waals surface area contributed by atoms with Crippen molar-refractivity contribution in [3.05, 3.63) is 53.6 Å². The van der Waals surface area contributed by atoms with Crippen molar-refractivity contribution in [3.63, 3.8) is 0 Å². The summed E-state index contributed by atoms with van der Waals surface area (Å²) in [6.07, 6.45) is 6.46. The first-order chi connectivity index (χ1) is 12.6. The summed E-state index contributed by atoms with van der Waals surface area (Å²) in [6.45, 7) is 0.618. The summed E-state index contributed by atoms with van der Waals surface area (Å²) < 4.78 is 0. The Labute approximate surface area is 151 Å². The zero-order valence-corrected chi connectivity index (χ0v) is 14.2. The Morgan fingerprint density at radius 3 is 2.81 bits per heavy atom. The molecule has 2 atom stereocenters. The van der Waals surface area contributed by atoms with Crippen molar-refractivity contribution < 1.29 is 9.59 Å². The van der Waals surface area contributed by atoms with Crippen molar-refractivity contribution in [2.24, 2.45) is 0 Å². The summed E-state index contributed by atoms with van der Waals surface area (Å²) in [7, 11) is 0. The number of nitrogens with one attached hydrogen (secondary N) is 2. The van der Waals surface area contributed by atoms with E-state index in [0.717, 1.165) is 25.7 Å². The molecule has 7 nitrogen and oxygen atoms in total. The molecule has 132 valence electrons. The Morgan fingerprint density at radius 2 is 2.12 bits per heavy atom. The predicted octanol–water partition coefficient (Wildman–Crippen LogP) is 1.85. The molecule has 1 saturated heterocycles. The standard InChI is InChI=1S/C19H19N5O2/c20-10-13-3-5-14(6-4-13)18(26)24-9-8-19(7-1-2-16(19)24)23-17(25)15-11-21-12-22-15/h3-6,11-12,16H,1-2,7-9H2,(H,21,22)(H,23,25). The molecule has 2 fully saturated rings. The van der Waals surface area contributed by atoms with Crippen molar-refractivity contribution >= 4 is 11.8 Å². The Balaban J connectivity index is 1.54. The second-order valence-corrected chi connectivity index (χ2v) is 6.92. The van der Waals surface area contributed by atoms with Gasteiger partial charge in [0.05, 0.1) is 35.7 Å². The molecule has 2 unspecified atom stereocenters. The first-order valence-electron chi connectivity index (χ1n) is 8.75. The molecule has 26 heavy (non-hydrogen) atoms. The summed E-state index contributed by atoms with van der Waals surface area (Å²) in [5, 5.41) is 12.1. The highest BCUT2D eigenvalue weighted by atomic mass is 16.2. The molecule has 1 saturated carbocycles. The lowest BCUT2D eigenvalue weighted by Crippen LogP contribution is -2.54. The lowest BCUT2D eigenvalue weighted by Gasteiger charge is -2.33. The van der Waals surface area contributed by atoms with Gasteiger partial charge in [0.25, 0.3) is 11.8 Å². The number of rotatable bonds is 3. The average molecular weight is 349 g/mol. The zero-order valence-electron chi connectivity index (χ0n) is 14.2. The van der Waals surface area contributed by atoms with Crippen LogP contribution in [0.25, 0.3) is 0 Å². The first kappa shape index (κ1) is 16.3. The first-order valence-corrected chi connectivity index (χ1v) is 8.75. The minimum absolute atomic E-state index is 0.00230. The van der Waals surface area contributed by atoms with Gasteiger partial charge in [0.15, 0.2) is 0 Å². The van der Waals surface area contributed by atoms with Gasteiger partial charge < -0.3 is 15.2 Å². The Bertz CT molecular complexity index is 868. The number of carbonyl (C=O) groups excluding carboxylic acids is 2. The maximum atomic E-state index is 13.0. The molecule has 0 radical (unpaired) electrons. The third-order valence-corrected chi connectivity index (χ3v) is 5.54. The van der Waals surface area contributed by atoms with Crippen LogP contribution in [0.2, 0.25) is 0 Å². The molecular formula is C19H19N5O2. The second-order valence-electron chi connectivity index (χ2n) is 6.92. The summed E-state index contributed by atoms with van der Waals surface area (Å²) >= 11 is 0. The van der Waals surface area contributed by atoms with E-state index in [1.54, 1.807) is 24.3 Å². The number of amides is 2. The SMILES string of the molecule is N#Cc1ccc(C(=O)N2CCC3(NC(=O)c4cnc[nH]4)CCCC23)cc1. The summed E-state index contributed by atoms with van der Waals surface area (Å²) in [4.78, 5) is 34.1. The molecule has 1 aromatic carbocycles. The number of nitrogens with zero attached hydrogens (tertiary/aromatic N) is 3. The Kier molecular flexibility index (Phi) is 3.96. The number of H-pyrrole nitrogens is 1. The maximum absolute atomic E-state index is 13.0. The number of aromatic nitrogens is 2. The zero-order chi connectivity index (χ0) is 18.1. The number of hydrogen-bond donors (Lipinski definition) is 2. The van der Waals surface area contributed by atoms with Crippen LogP contribution in [0.3, 0.4) is 0 Å². The molecule has 4 rings (SSSR count). The van der Waals surface area contributed by atoms with Crippen LogP contribution in [-0.2, 0) is 0 Å². The van der Waals surface area contributed by atoms with Crippen molar-refractivity contribution in [1.29, 1.82) is 5.26 Å². The number of hydrogen-bond acceptors (Lipinski definition) is 4. The fourth-order valence-electron chi connectivity index (χ4n) is 4.25. The molecule has 1 aliphatic carbocycles. The third-order valence-electron chi connectivity index (χ3n) is 5.54. The van der Waals surface area contributed by atoms with Gasteiger partial charge in [0.1, 0.15) is 5.69 Å². The van der Waals surface area contributed by atoms with E-state index in [1.807, 2.05) is 4.90 Å². The second kappa shape index (κ2) is 6.30. The van der Waals surface area contributed by atoms with E-state index in [9.17, 15) is 9.59 Å². The minimum Gasteiger partial charge on any atom is -0.343 e. The van der Waals surface area contributed by atoms with Crippen molar-refractivity contribution in [2.45, 2.75) is 37.3 Å². The molecule has 2 heterocycles. The predicted molar refractivity (Wildman–Crippen MR) is 93.2 cm³/mol. The number of carbonyl (C=O) groups is 2. The van der Waals surface area contributed by atoms with Crippen LogP contribution in [-0.4, -0.2) is 44.8 Å². The normalized spacial score (nSPS) is 24.1. The highest BCUT2D eigenvalue weighted by Crippen LogP contribution is 2.42. The highest BCUT2D eigenvalue weighted by molar-refractivity contribution is 5.95. The van der Waals surface area contributed by atoms with Crippen LogP contribution in [0.1, 0.15) is 52.1 Å². The summed E-state index contributed by atoms with van der Waals surface area (Å²) in [5.41, 5.74) is 1.17. The van der Waals surface area contributed by atoms with Crippen LogP contribution in [0.4, 0.5) is 0 Å². The van der Waals surface area contributed by atoms with Gasteiger partial charge in [-0.3, -0.25) is 9.59 Å². The molecule has 0 spiro atoms. The average Bonchev–Trinajstić information content (AvgIpc) is 3.37. The van der Waals surface area contributed by atoms with Gasteiger partial charge >= 0.3 is 0 Å². The summed E-state index contributed by atoms with van der Waals surface area (Å²) in [6, 6.07) is 8.76. The number of benzene rings is 1. The van der Waals surface area contributed by atoms with Crippen LogP contribution >= 0.6 is 0 Å². The summed E-state index contributed by atoms with van der Waals surface area (Å²) in [5.74, 6) is -0.221. The monoisotopic (exact) mass is 349 g/mol. The van der Waals surface area contributed by atoms with Gasteiger partial charge in [-0.1, -0.05) is 0 Å². The fraction of sp³-hybridized carbons (Fsp3) is 0.368. The quantitative estimate of drug-likeness (QED) is 0.883. The van der Waals surface area contributed by atoms with Crippen molar-refractivity contribution in [1.82, 2.24) is 20.2 Å². The Morgan fingerprint density at radius 1 is 1.31 bits per heavy atom. The van der Waals surface area contributed by atoms with Crippen LogP contribution < -0.4 is 5.32 Å². The van der Waals surface area contributed by atoms with E-state index in [0.29, 0.717) is 23.4 Å². The van der Waals surface area contributed by atoms with Gasteiger partial charge in [0.2, 0.25) is 0 Å². The van der Waals surface area contributed by atoms with Crippen LogP contribution in [0, 0.1) is 11.3 Å². The van der Waals surface area contributed by atoms with E-state index >= 15 is 0 Å². The lowest BCUT2D eigenvalue weighted by atomic mass is 9.92. The van der Waals surface area contributed by atoms with E-state index < -0.39 is 0 Å². The molecule has 7 heteroatoms. The number of fused-ring (bicyclic) bond motifs is 1. The van der Waals surface area contributed by atoms with E-state index in [2.05, 4.69) is 21.4 Å². The largest absolute Gasteiger partial charge is 0.343 e. The van der Waals surface area contributed by atoms with E-state index in [4.69, 9.17) is 5.26 Å². The molecule has 1 aliphatic heterocycles. The lowest BCUT2D eigenvalue weighted by molar-refractivity contribution is 0.0694. The molecule has 2 aliphatic rings. The van der Waals surface area contributed by atoms with E-state index in [-0.39, 0.29) is 23.4 Å². The molecule has 2 N–H and O–H groups in total.